The van der Waals surface area contributed by atoms with E-state index in [-0.39, 0.29) is 33.8 Å². The fourth-order valence-electron chi connectivity index (χ4n) is 4.51. The molecule has 8 heteroatoms. The van der Waals surface area contributed by atoms with Crippen LogP contribution in [0.5, 0.6) is 0 Å². The molecule has 0 aliphatic heterocycles. The lowest BCUT2D eigenvalue weighted by atomic mass is 9.80. The third kappa shape index (κ3) is 5.60. The molecule has 0 aromatic rings. The van der Waals surface area contributed by atoms with Gasteiger partial charge in [0.15, 0.2) is 16.6 Å². The zero-order chi connectivity index (χ0) is 23.4. The molecule has 0 bridgehead atoms. The molecule has 0 saturated heterocycles. The molecule has 2 fully saturated rings. The zero-order valence-electron chi connectivity index (χ0n) is 21.2. The van der Waals surface area contributed by atoms with E-state index in [4.69, 9.17) is 13.0 Å². The van der Waals surface area contributed by atoms with E-state index in [0.29, 0.717) is 12.8 Å². The van der Waals surface area contributed by atoms with Crippen LogP contribution in [0.2, 0.25) is 36.3 Å². The van der Waals surface area contributed by atoms with E-state index in [9.17, 15) is 8.42 Å². The third-order valence-electron chi connectivity index (χ3n) is 8.27. The van der Waals surface area contributed by atoms with Crippen LogP contribution in [0, 0.1) is 5.41 Å². The van der Waals surface area contributed by atoms with Crippen molar-refractivity contribution in [2.75, 3.05) is 6.26 Å². The van der Waals surface area contributed by atoms with Crippen molar-refractivity contribution in [1.29, 1.82) is 0 Å². The first kappa shape index (κ1) is 26.5. The lowest BCUT2D eigenvalue weighted by molar-refractivity contribution is -0.0180. The van der Waals surface area contributed by atoms with Gasteiger partial charge in [-0.15, -0.1) is 0 Å². The van der Waals surface area contributed by atoms with E-state index < -0.39 is 26.8 Å². The second-order valence-corrected chi connectivity index (χ2v) is 23.8. The summed E-state index contributed by atoms with van der Waals surface area (Å²) in [5.41, 5.74) is -0.152. The average molecular weight is 479 g/mol. The molecule has 30 heavy (non-hydrogen) atoms. The Morgan fingerprint density at radius 2 is 1.33 bits per heavy atom. The van der Waals surface area contributed by atoms with Crippen LogP contribution in [-0.2, 0) is 23.2 Å². The molecule has 2 aliphatic rings. The van der Waals surface area contributed by atoms with Crippen molar-refractivity contribution in [2.24, 2.45) is 5.41 Å². The minimum atomic E-state index is -3.50. The highest BCUT2D eigenvalue weighted by atomic mass is 32.2. The Kier molecular flexibility index (Phi) is 7.28. The van der Waals surface area contributed by atoms with Crippen molar-refractivity contribution >= 4 is 26.8 Å². The van der Waals surface area contributed by atoms with Crippen molar-refractivity contribution in [2.45, 2.75) is 128 Å². The van der Waals surface area contributed by atoms with Crippen molar-refractivity contribution in [1.82, 2.24) is 0 Å². The molecular weight excluding hydrogens is 432 g/mol. The van der Waals surface area contributed by atoms with Gasteiger partial charge in [-0.3, -0.25) is 4.18 Å². The van der Waals surface area contributed by atoms with E-state index in [1.165, 1.54) is 0 Å². The molecule has 2 aliphatic carbocycles. The normalized spacial score (nSPS) is 31.6. The molecule has 0 unspecified atom stereocenters. The summed E-state index contributed by atoms with van der Waals surface area (Å²) >= 11 is 0. The maximum atomic E-state index is 11.9. The van der Waals surface area contributed by atoms with Crippen LogP contribution in [0.1, 0.15) is 73.6 Å². The Morgan fingerprint density at radius 3 is 1.77 bits per heavy atom. The largest absolute Gasteiger partial charge is 0.413 e. The second-order valence-electron chi connectivity index (χ2n) is 12.7. The predicted octanol–water partition coefficient (Wildman–Crippen LogP) is 6.08. The highest BCUT2D eigenvalue weighted by Gasteiger charge is 2.59. The van der Waals surface area contributed by atoms with Gasteiger partial charge in [-0.2, -0.15) is 8.42 Å². The molecule has 4 atom stereocenters. The maximum Gasteiger partial charge on any atom is 0.264 e. The first-order valence-corrected chi connectivity index (χ1v) is 19.1. The molecule has 0 aromatic carbocycles. The number of hydrogen-bond acceptors (Lipinski definition) is 5. The van der Waals surface area contributed by atoms with Gasteiger partial charge in [0.2, 0.25) is 0 Å². The highest BCUT2D eigenvalue weighted by molar-refractivity contribution is 7.86. The molecule has 1 spiro atoms. The molecule has 0 amide bonds. The minimum absolute atomic E-state index is 0.0117. The highest BCUT2D eigenvalue weighted by Crippen LogP contribution is 2.57. The van der Waals surface area contributed by atoms with E-state index in [0.717, 1.165) is 25.5 Å². The van der Waals surface area contributed by atoms with E-state index in [1.807, 2.05) is 0 Å². The van der Waals surface area contributed by atoms with Gasteiger partial charge in [0.05, 0.1) is 24.6 Å². The van der Waals surface area contributed by atoms with Gasteiger partial charge in [0.25, 0.3) is 10.1 Å². The summed E-state index contributed by atoms with van der Waals surface area (Å²) in [6.45, 7) is 22.8. The summed E-state index contributed by atoms with van der Waals surface area (Å²) in [5, 5.41) is 0.228. The van der Waals surface area contributed by atoms with E-state index in [1.54, 1.807) is 0 Å². The van der Waals surface area contributed by atoms with Gasteiger partial charge in [0.1, 0.15) is 0 Å². The number of hydrogen-bond donors (Lipinski definition) is 0. The summed E-state index contributed by atoms with van der Waals surface area (Å²) in [5.74, 6) is 0. The Hall–Kier alpha value is 0.264. The van der Waals surface area contributed by atoms with Crippen LogP contribution >= 0.6 is 0 Å². The number of rotatable bonds is 6. The van der Waals surface area contributed by atoms with Crippen molar-refractivity contribution < 1.29 is 21.5 Å². The van der Waals surface area contributed by atoms with Gasteiger partial charge in [-0.25, -0.2) is 0 Å². The van der Waals surface area contributed by atoms with Gasteiger partial charge in [-0.05, 0) is 55.5 Å². The summed E-state index contributed by atoms with van der Waals surface area (Å²) in [6.07, 6.45) is 5.42. The molecule has 2 saturated carbocycles. The van der Waals surface area contributed by atoms with Crippen LogP contribution in [0.15, 0.2) is 0 Å². The van der Waals surface area contributed by atoms with Crippen LogP contribution < -0.4 is 0 Å². The summed E-state index contributed by atoms with van der Waals surface area (Å²) in [7, 11) is -7.49. The first-order chi connectivity index (χ1) is 13.2. The van der Waals surface area contributed by atoms with Crippen LogP contribution in [0.3, 0.4) is 0 Å². The molecule has 178 valence electrons. The molecule has 5 nitrogen and oxygen atoms in total. The van der Waals surface area contributed by atoms with Crippen LogP contribution in [0.4, 0.5) is 0 Å². The van der Waals surface area contributed by atoms with E-state index >= 15 is 0 Å². The zero-order valence-corrected chi connectivity index (χ0v) is 24.0. The Morgan fingerprint density at radius 1 is 0.867 bits per heavy atom. The monoisotopic (exact) mass is 478 g/mol. The minimum Gasteiger partial charge on any atom is -0.413 e. The lowest BCUT2D eigenvalue weighted by Crippen LogP contribution is -2.53. The Balaban J connectivity index is 2.39. The quantitative estimate of drug-likeness (QED) is 0.342. The van der Waals surface area contributed by atoms with Crippen molar-refractivity contribution in [3.63, 3.8) is 0 Å². The van der Waals surface area contributed by atoms with Gasteiger partial charge in [-0.1, -0.05) is 48.0 Å². The standard InChI is InChI=1S/C22H46O5SSi2/c1-20(2,3)29(8,9)26-18-13-12-14-22(18)16-17(25-28(7,23)24)15-19(22)27-30(10,11)21(4,5)6/h17-19H,12-16H2,1-11H3/t17-,18-,19+,22+/m1/s1. The van der Waals surface area contributed by atoms with Gasteiger partial charge >= 0.3 is 0 Å². The third-order valence-corrected chi connectivity index (χ3v) is 17.9. The summed E-state index contributed by atoms with van der Waals surface area (Å²) in [6, 6.07) is 0. The van der Waals surface area contributed by atoms with Crippen molar-refractivity contribution in [3.05, 3.63) is 0 Å². The molecule has 0 heterocycles. The molecule has 0 radical (unpaired) electrons. The molecular formula is C22H46O5SSi2. The van der Waals surface area contributed by atoms with Crippen LogP contribution in [-0.4, -0.2) is 49.6 Å². The molecule has 2 rings (SSSR count). The molecule has 0 N–H and O–H groups in total. The SMILES string of the molecule is CC(C)(C)[Si](C)(C)O[C@H]1C[C@@H](OS(C)(=O)=O)C[C@]12CCC[C@H]2O[Si](C)(C)C(C)(C)C. The van der Waals surface area contributed by atoms with E-state index in [2.05, 4.69) is 67.7 Å². The van der Waals surface area contributed by atoms with Gasteiger partial charge in [0, 0.05) is 11.8 Å². The Bertz CT molecular complexity index is 721. The smallest absolute Gasteiger partial charge is 0.264 e. The second kappa shape index (κ2) is 8.24. The first-order valence-electron chi connectivity index (χ1n) is 11.4. The fraction of sp³-hybridized carbons (Fsp3) is 1.00. The maximum absolute atomic E-state index is 11.9. The molecule has 0 aromatic heterocycles. The van der Waals surface area contributed by atoms with Gasteiger partial charge < -0.3 is 8.85 Å². The predicted molar refractivity (Wildman–Crippen MR) is 129 cm³/mol. The average Bonchev–Trinajstić information content (AvgIpc) is 2.99. The van der Waals surface area contributed by atoms with Crippen molar-refractivity contribution in [3.8, 4) is 0 Å². The summed E-state index contributed by atoms with van der Waals surface area (Å²) < 4.78 is 43.3. The fourth-order valence-corrected chi connectivity index (χ4v) is 7.96. The van der Waals surface area contributed by atoms with Crippen LogP contribution in [0.25, 0.3) is 0 Å². The summed E-state index contributed by atoms with van der Waals surface area (Å²) in [4.78, 5) is 0. The Labute approximate surface area is 188 Å². The topological polar surface area (TPSA) is 61.8 Å². The lowest BCUT2D eigenvalue weighted by Gasteiger charge is -2.47.